The van der Waals surface area contributed by atoms with Gasteiger partial charge < -0.3 is 14.2 Å². The number of hydrogen-bond acceptors (Lipinski definition) is 9. The highest BCUT2D eigenvalue weighted by atomic mass is 16.5. The summed E-state index contributed by atoms with van der Waals surface area (Å²) >= 11 is 0. The van der Waals surface area contributed by atoms with Crippen LogP contribution in [0.1, 0.15) is 0 Å². The summed E-state index contributed by atoms with van der Waals surface area (Å²) in [7, 11) is 7.61. The number of carbonyl (C=O) groups excluding carboxylic acids is 3. The molecule has 24 heavy (non-hydrogen) atoms. The first kappa shape index (κ1) is 18.9. The molecule has 0 bridgehead atoms. The maximum Gasteiger partial charge on any atom is 0.416 e. The summed E-state index contributed by atoms with van der Waals surface area (Å²) in [6.45, 7) is 0. The van der Waals surface area contributed by atoms with Crippen molar-refractivity contribution in [1.82, 2.24) is 15.0 Å². The highest BCUT2D eigenvalue weighted by molar-refractivity contribution is 5.89. The first-order valence-corrected chi connectivity index (χ1v) is 6.47. The second-order valence-electron chi connectivity index (χ2n) is 4.32. The van der Waals surface area contributed by atoms with E-state index in [0.717, 1.165) is 14.7 Å². The number of methoxy groups -OCH3 is 3. The molecular formula is C12H18N6O6. The van der Waals surface area contributed by atoms with Gasteiger partial charge in [0.05, 0.1) is 21.3 Å². The smallest absolute Gasteiger partial charge is 0.416 e. The summed E-state index contributed by atoms with van der Waals surface area (Å²) in [5.41, 5.74) is 0. The Morgan fingerprint density at radius 3 is 1.00 bits per heavy atom. The standard InChI is InChI=1S/C12H18N6O6/c1-16(10(19)22-4)7-13-8(17(2)11(20)23-5)15-9(14-7)18(3)12(21)24-6/h1-6H3. The van der Waals surface area contributed by atoms with Gasteiger partial charge in [-0.2, -0.15) is 15.0 Å². The molecule has 0 fully saturated rings. The van der Waals surface area contributed by atoms with Gasteiger partial charge in [-0.25, -0.2) is 29.1 Å². The van der Waals surface area contributed by atoms with Gasteiger partial charge in [0.15, 0.2) is 0 Å². The lowest BCUT2D eigenvalue weighted by molar-refractivity contribution is 0.179. The van der Waals surface area contributed by atoms with Crippen LogP contribution in [0.3, 0.4) is 0 Å². The molecule has 0 radical (unpaired) electrons. The van der Waals surface area contributed by atoms with Crippen molar-refractivity contribution in [3.05, 3.63) is 0 Å². The van der Waals surface area contributed by atoms with Crippen LogP contribution in [0.5, 0.6) is 0 Å². The van der Waals surface area contributed by atoms with Crippen LogP contribution in [0.2, 0.25) is 0 Å². The molecule has 0 spiro atoms. The Hall–Kier alpha value is -3.18. The Balaban J connectivity index is 3.41. The van der Waals surface area contributed by atoms with Gasteiger partial charge in [0, 0.05) is 21.1 Å². The fourth-order valence-corrected chi connectivity index (χ4v) is 1.45. The Labute approximate surface area is 137 Å². The van der Waals surface area contributed by atoms with E-state index in [9.17, 15) is 14.4 Å². The van der Waals surface area contributed by atoms with Crippen molar-refractivity contribution in [3.8, 4) is 0 Å². The molecule has 0 unspecified atom stereocenters. The molecule has 1 aromatic rings. The summed E-state index contributed by atoms with van der Waals surface area (Å²) in [5.74, 6) is -0.435. The van der Waals surface area contributed by atoms with Crippen molar-refractivity contribution >= 4 is 36.1 Å². The lowest BCUT2D eigenvalue weighted by atomic mass is 10.6. The average Bonchev–Trinajstić information content (AvgIpc) is 2.63. The molecule has 0 N–H and O–H groups in total. The minimum atomic E-state index is -0.750. The van der Waals surface area contributed by atoms with E-state index in [1.165, 1.54) is 42.5 Å². The highest BCUT2D eigenvalue weighted by Gasteiger charge is 2.24. The van der Waals surface area contributed by atoms with Crippen LogP contribution in [0.4, 0.5) is 32.2 Å². The number of hydrogen-bond donors (Lipinski definition) is 0. The summed E-state index contributed by atoms with van der Waals surface area (Å²) < 4.78 is 13.7. The molecular weight excluding hydrogens is 324 g/mol. The third-order valence-electron chi connectivity index (χ3n) is 2.85. The summed E-state index contributed by atoms with van der Waals surface area (Å²) in [6, 6.07) is 0. The predicted molar refractivity (Wildman–Crippen MR) is 82.3 cm³/mol. The Morgan fingerprint density at radius 1 is 0.625 bits per heavy atom. The van der Waals surface area contributed by atoms with E-state index in [0.29, 0.717) is 0 Å². The van der Waals surface area contributed by atoms with E-state index in [1.54, 1.807) is 0 Å². The first-order valence-electron chi connectivity index (χ1n) is 6.47. The summed E-state index contributed by atoms with van der Waals surface area (Å²) in [6.07, 6.45) is -2.25. The quantitative estimate of drug-likeness (QED) is 0.720. The number of rotatable bonds is 3. The molecule has 0 aromatic carbocycles. The van der Waals surface area contributed by atoms with Crippen LogP contribution in [0.25, 0.3) is 0 Å². The van der Waals surface area contributed by atoms with Crippen molar-refractivity contribution in [2.45, 2.75) is 0 Å². The zero-order chi connectivity index (χ0) is 18.4. The molecule has 132 valence electrons. The van der Waals surface area contributed by atoms with Gasteiger partial charge in [0.2, 0.25) is 17.8 Å². The average molecular weight is 342 g/mol. The van der Waals surface area contributed by atoms with Crippen LogP contribution in [0.15, 0.2) is 0 Å². The van der Waals surface area contributed by atoms with E-state index in [2.05, 4.69) is 29.2 Å². The van der Waals surface area contributed by atoms with E-state index in [1.807, 2.05) is 0 Å². The van der Waals surface area contributed by atoms with Crippen molar-refractivity contribution in [2.75, 3.05) is 57.2 Å². The van der Waals surface area contributed by atoms with Gasteiger partial charge in [0.1, 0.15) is 0 Å². The largest absolute Gasteiger partial charge is 0.452 e. The number of aromatic nitrogens is 3. The van der Waals surface area contributed by atoms with Gasteiger partial charge in [-0.15, -0.1) is 0 Å². The second-order valence-corrected chi connectivity index (χ2v) is 4.32. The third-order valence-corrected chi connectivity index (χ3v) is 2.85. The number of ether oxygens (including phenoxy) is 3. The molecule has 0 aliphatic carbocycles. The monoisotopic (exact) mass is 342 g/mol. The molecule has 0 aliphatic heterocycles. The number of anilines is 3. The fourth-order valence-electron chi connectivity index (χ4n) is 1.45. The molecule has 0 atom stereocenters. The molecule has 1 rings (SSSR count). The summed E-state index contributed by atoms with van der Waals surface area (Å²) in [4.78, 5) is 49.8. The zero-order valence-electron chi connectivity index (χ0n) is 14.1. The lowest BCUT2D eigenvalue weighted by Gasteiger charge is -2.20. The van der Waals surface area contributed by atoms with Gasteiger partial charge in [-0.05, 0) is 0 Å². The fraction of sp³-hybridized carbons (Fsp3) is 0.500. The van der Waals surface area contributed by atoms with Crippen molar-refractivity contribution in [2.24, 2.45) is 0 Å². The predicted octanol–water partition coefficient (Wildman–Crippen LogP) is 0.479. The molecule has 0 saturated carbocycles. The molecule has 3 amide bonds. The van der Waals surface area contributed by atoms with Crippen LogP contribution >= 0.6 is 0 Å². The van der Waals surface area contributed by atoms with Crippen molar-refractivity contribution in [3.63, 3.8) is 0 Å². The number of nitrogens with zero attached hydrogens (tertiary/aromatic N) is 6. The van der Waals surface area contributed by atoms with Gasteiger partial charge >= 0.3 is 18.3 Å². The highest BCUT2D eigenvalue weighted by Crippen LogP contribution is 2.18. The SMILES string of the molecule is COC(=O)N(C)c1nc(N(C)C(=O)OC)nc(N(C)C(=O)OC)n1. The first-order chi connectivity index (χ1) is 11.3. The van der Waals surface area contributed by atoms with E-state index in [4.69, 9.17) is 0 Å². The van der Waals surface area contributed by atoms with Crippen molar-refractivity contribution in [1.29, 1.82) is 0 Å². The molecule has 1 heterocycles. The van der Waals surface area contributed by atoms with E-state index in [-0.39, 0.29) is 17.8 Å². The van der Waals surface area contributed by atoms with Crippen LogP contribution < -0.4 is 14.7 Å². The van der Waals surface area contributed by atoms with Crippen molar-refractivity contribution < 1.29 is 28.6 Å². The minimum absolute atomic E-state index is 0.145. The number of carbonyl (C=O) groups is 3. The lowest BCUT2D eigenvalue weighted by Crippen LogP contribution is -2.34. The van der Waals surface area contributed by atoms with E-state index < -0.39 is 18.3 Å². The molecule has 0 aliphatic rings. The van der Waals surface area contributed by atoms with Gasteiger partial charge in [0.25, 0.3) is 0 Å². The van der Waals surface area contributed by atoms with Crippen LogP contribution in [-0.4, -0.2) is 75.7 Å². The van der Waals surface area contributed by atoms with Crippen LogP contribution in [0, 0.1) is 0 Å². The Morgan fingerprint density at radius 2 is 0.833 bits per heavy atom. The minimum Gasteiger partial charge on any atom is -0.452 e. The topological polar surface area (TPSA) is 127 Å². The third kappa shape index (κ3) is 3.97. The van der Waals surface area contributed by atoms with Crippen LogP contribution in [-0.2, 0) is 14.2 Å². The Kier molecular flexibility index (Phi) is 6.21. The maximum atomic E-state index is 11.6. The molecule has 12 nitrogen and oxygen atoms in total. The molecule has 12 heteroatoms. The molecule has 1 aromatic heterocycles. The normalized spacial score (nSPS) is 9.75. The molecule has 0 saturated heterocycles. The maximum absolute atomic E-state index is 11.6. The zero-order valence-corrected chi connectivity index (χ0v) is 14.1. The van der Waals surface area contributed by atoms with Gasteiger partial charge in [-0.1, -0.05) is 0 Å². The second kappa shape index (κ2) is 7.89. The van der Waals surface area contributed by atoms with Gasteiger partial charge in [-0.3, -0.25) is 0 Å². The number of amides is 3. The van der Waals surface area contributed by atoms with E-state index >= 15 is 0 Å². The Bertz CT molecular complexity index is 540. The summed E-state index contributed by atoms with van der Waals surface area (Å²) in [5, 5.41) is 0.